The summed E-state index contributed by atoms with van der Waals surface area (Å²) in [7, 11) is 0. The predicted molar refractivity (Wildman–Crippen MR) is 72.1 cm³/mol. The molecule has 5 heteroatoms. The van der Waals surface area contributed by atoms with E-state index < -0.39 is 0 Å². The third-order valence-electron chi connectivity index (χ3n) is 3.14. The second-order valence-corrected chi connectivity index (χ2v) is 4.80. The highest BCUT2D eigenvalue weighted by Crippen LogP contribution is 2.17. The van der Waals surface area contributed by atoms with Crippen molar-refractivity contribution < 1.29 is 0 Å². The fourth-order valence-corrected chi connectivity index (χ4v) is 2.13. The van der Waals surface area contributed by atoms with Crippen LogP contribution in [0.15, 0.2) is 29.1 Å². The van der Waals surface area contributed by atoms with Crippen LogP contribution in [0.5, 0.6) is 0 Å². The standard InChI is InChI=1S/C14H12N4O/c1-8(2)10-6-13(19)18-12-4-3-9(7-15)5-11(12)17-14(18)16-10/h3-6,8H,1-2H3,(H,16,17). The van der Waals surface area contributed by atoms with Crippen molar-refractivity contribution in [2.24, 2.45) is 0 Å². The van der Waals surface area contributed by atoms with E-state index in [0.717, 1.165) is 16.7 Å². The third kappa shape index (κ3) is 1.69. The molecule has 0 amide bonds. The normalized spacial score (nSPS) is 11.3. The SMILES string of the molecule is CC(C)c1cc(=O)n2c(n1)[nH]c1cc(C#N)ccc12. The van der Waals surface area contributed by atoms with E-state index >= 15 is 0 Å². The molecule has 19 heavy (non-hydrogen) atoms. The first-order chi connectivity index (χ1) is 9.10. The van der Waals surface area contributed by atoms with Crippen molar-refractivity contribution in [1.29, 1.82) is 5.26 Å². The smallest absolute Gasteiger partial charge is 0.259 e. The molecular formula is C14H12N4O. The number of imidazole rings is 1. The van der Waals surface area contributed by atoms with Gasteiger partial charge < -0.3 is 4.98 Å². The van der Waals surface area contributed by atoms with Crippen LogP contribution in [0.2, 0.25) is 0 Å². The van der Waals surface area contributed by atoms with Gasteiger partial charge in [0.25, 0.3) is 5.56 Å². The highest BCUT2D eigenvalue weighted by atomic mass is 16.1. The van der Waals surface area contributed by atoms with Gasteiger partial charge in [-0.3, -0.25) is 4.79 Å². The summed E-state index contributed by atoms with van der Waals surface area (Å²) in [6, 6.07) is 8.81. The van der Waals surface area contributed by atoms with E-state index in [4.69, 9.17) is 5.26 Å². The molecule has 0 spiro atoms. The molecule has 0 atom stereocenters. The molecule has 0 saturated carbocycles. The minimum atomic E-state index is -0.107. The van der Waals surface area contributed by atoms with Crippen molar-refractivity contribution in [2.45, 2.75) is 19.8 Å². The Hall–Kier alpha value is -2.61. The zero-order valence-corrected chi connectivity index (χ0v) is 10.6. The lowest BCUT2D eigenvalue weighted by Crippen LogP contribution is -2.14. The zero-order valence-electron chi connectivity index (χ0n) is 10.6. The number of hydrogen-bond donors (Lipinski definition) is 1. The van der Waals surface area contributed by atoms with Crippen LogP contribution in [-0.2, 0) is 0 Å². The van der Waals surface area contributed by atoms with Crippen molar-refractivity contribution in [2.75, 3.05) is 0 Å². The first-order valence-corrected chi connectivity index (χ1v) is 6.05. The van der Waals surface area contributed by atoms with E-state index in [1.54, 1.807) is 24.3 Å². The summed E-state index contributed by atoms with van der Waals surface area (Å²) in [4.78, 5) is 19.7. The van der Waals surface area contributed by atoms with Crippen LogP contribution >= 0.6 is 0 Å². The van der Waals surface area contributed by atoms with Gasteiger partial charge in [-0.05, 0) is 24.1 Å². The highest BCUT2D eigenvalue weighted by molar-refractivity contribution is 5.80. The summed E-state index contributed by atoms with van der Waals surface area (Å²) in [6.45, 7) is 3.99. The maximum Gasteiger partial charge on any atom is 0.259 e. The van der Waals surface area contributed by atoms with Crippen LogP contribution in [0.4, 0.5) is 0 Å². The summed E-state index contributed by atoms with van der Waals surface area (Å²) in [5.41, 5.74) is 2.68. The fourth-order valence-electron chi connectivity index (χ4n) is 2.13. The summed E-state index contributed by atoms with van der Waals surface area (Å²) >= 11 is 0. The Labute approximate surface area is 109 Å². The largest absolute Gasteiger partial charge is 0.323 e. The number of nitrogens with zero attached hydrogens (tertiary/aromatic N) is 3. The number of H-pyrrole nitrogens is 1. The van der Waals surface area contributed by atoms with Crippen LogP contribution in [0.1, 0.15) is 31.0 Å². The van der Waals surface area contributed by atoms with E-state index in [9.17, 15) is 4.79 Å². The number of hydrogen-bond acceptors (Lipinski definition) is 3. The van der Waals surface area contributed by atoms with Gasteiger partial charge in [0.15, 0.2) is 0 Å². The van der Waals surface area contributed by atoms with E-state index in [2.05, 4.69) is 16.0 Å². The molecule has 2 aromatic heterocycles. The Morgan fingerprint density at radius 3 is 2.84 bits per heavy atom. The second-order valence-electron chi connectivity index (χ2n) is 4.80. The van der Waals surface area contributed by atoms with Crippen molar-refractivity contribution >= 4 is 16.8 Å². The first-order valence-electron chi connectivity index (χ1n) is 6.05. The molecule has 0 saturated heterocycles. The highest BCUT2D eigenvalue weighted by Gasteiger charge is 2.10. The zero-order chi connectivity index (χ0) is 13.6. The predicted octanol–water partition coefficient (Wildman–Crippen LogP) is 2.17. The second kappa shape index (κ2) is 3.95. The fraction of sp³-hybridized carbons (Fsp3) is 0.214. The Bertz CT molecular complexity index is 880. The minimum absolute atomic E-state index is 0.107. The van der Waals surface area contributed by atoms with Gasteiger partial charge in [-0.1, -0.05) is 13.8 Å². The number of fused-ring (bicyclic) bond motifs is 3. The lowest BCUT2D eigenvalue weighted by molar-refractivity contribution is 0.812. The minimum Gasteiger partial charge on any atom is -0.323 e. The molecule has 0 aliphatic carbocycles. The molecule has 5 nitrogen and oxygen atoms in total. The molecule has 0 bridgehead atoms. The van der Waals surface area contributed by atoms with Crippen LogP contribution in [0.25, 0.3) is 16.8 Å². The topological polar surface area (TPSA) is 74.0 Å². The van der Waals surface area contributed by atoms with Gasteiger partial charge in [-0.15, -0.1) is 0 Å². The van der Waals surface area contributed by atoms with Gasteiger partial charge in [-0.25, -0.2) is 9.38 Å². The van der Waals surface area contributed by atoms with Gasteiger partial charge in [0, 0.05) is 6.07 Å². The number of aromatic nitrogens is 3. The van der Waals surface area contributed by atoms with Crippen LogP contribution in [0, 0.1) is 11.3 Å². The van der Waals surface area contributed by atoms with Crippen LogP contribution < -0.4 is 5.56 Å². The van der Waals surface area contributed by atoms with E-state index in [0.29, 0.717) is 11.3 Å². The van der Waals surface area contributed by atoms with Gasteiger partial charge >= 0.3 is 0 Å². The molecule has 0 unspecified atom stereocenters. The first kappa shape index (κ1) is 11.5. The molecule has 0 radical (unpaired) electrons. The van der Waals surface area contributed by atoms with Crippen LogP contribution in [-0.4, -0.2) is 14.4 Å². The Morgan fingerprint density at radius 1 is 1.37 bits per heavy atom. The van der Waals surface area contributed by atoms with E-state index in [1.807, 2.05) is 13.8 Å². The molecule has 1 N–H and O–H groups in total. The number of nitriles is 1. The number of rotatable bonds is 1. The molecule has 3 aromatic rings. The average molecular weight is 252 g/mol. The van der Waals surface area contributed by atoms with Gasteiger partial charge in [-0.2, -0.15) is 5.26 Å². The van der Waals surface area contributed by atoms with Gasteiger partial charge in [0.1, 0.15) is 0 Å². The van der Waals surface area contributed by atoms with Crippen molar-refractivity contribution in [3.63, 3.8) is 0 Å². The monoisotopic (exact) mass is 252 g/mol. The Kier molecular flexibility index (Phi) is 2.39. The number of aromatic amines is 1. The van der Waals surface area contributed by atoms with Crippen LogP contribution in [0.3, 0.4) is 0 Å². The molecule has 0 aliphatic rings. The van der Waals surface area contributed by atoms with E-state index in [-0.39, 0.29) is 11.5 Å². The molecule has 94 valence electrons. The molecule has 3 rings (SSSR count). The maximum absolute atomic E-state index is 12.2. The number of benzene rings is 1. The summed E-state index contributed by atoms with van der Waals surface area (Å²) in [5.74, 6) is 0.708. The molecule has 2 heterocycles. The Balaban J connectivity index is 2.43. The van der Waals surface area contributed by atoms with Crippen molar-refractivity contribution in [3.8, 4) is 6.07 Å². The average Bonchev–Trinajstić information content (AvgIpc) is 2.75. The maximum atomic E-state index is 12.2. The summed E-state index contributed by atoms with van der Waals surface area (Å²) in [6.07, 6.45) is 0. The third-order valence-corrected chi connectivity index (χ3v) is 3.14. The van der Waals surface area contributed by atoms with Gasteiger partial charge in [0.2, 0.25) is 5.78 Å². The Morgan fingerprint density at radius 2 is 2.16 bits per heavy atom. The van der Waals surface area contributed by atoms with Crippen molar-refractivity contribution in [1.82, 2.24) is 14.4 Å². The quantitative estimate of drug-likeness (QED) is 0.721. The van der Waals surface area contributed by atoms with E-state index in [1.165, 1.54) is 4.40 Å². The molecule has 1 aromatic carbocycles. The lowest BCUT2D eigenvalue weighted by Gasteiger charge is -2.03. The molecule has 0 fully saturated rings. The number of nitrogens with one attached hydrogen (secondary N) is 1. The van der Waals surface area contributed by atoms with Gasteiger partial charge in [0.05, 0.1) is 28.4 Å². The lowest BCUT2D eigenvalue weighted by atomic mass is 10.1. The molecular weight excluding hydrogens is 240 g/mol. The summed E-state index contributed by atoms with van der Waals surface area (Å²) in [5, 5.41) is 8.90. The molecule has 0 aliphatic heterocycles. The van der Waals surface area contributed by atoms with Crippen molar-refractivity contribution in [3.05, 3.63) is 45.9 Å². The summed E-state index contributed by atoms with van der Waals surface area (Å²) < 4.78 is 1.53.